The summed E-state index contributed by atoms with van der Waals surface area (Å²) in [5.41, 5.74) is 1.06. The molecule has 0 heterocycles. The summed E-state index contributed by atoms with van der Waals surface area (Å²) in [4.78, 5) is 11.7. The molecule has 0 unspecified atom stereocenters. The summed E-state index contributed by atoms with van der Waals surface area (Å²) in [5, 5.41) is 5.41. The number of amides is 1. The number of hydrogen-bond acceptors (Lipinski definition) is 3. The van der Waals surface area contributed by atoms with E-state index < -0.39 is 6.61 Å². The van der Waals surface area contributed by atoms with Crippen LogP contribution in [0.25, 0.3) is 0 Å². The van der Waals surface area contributed by atoms with E-state index in [0.717, 1.165) is 0 Å². The van der Waals surface area contributed by atoms with Crippen molar-refractivity contribution in [2.45, 2.75) is 6.61 Å². The Morgan fingerprint density at radius 3 is 2.18 bits per heavy atom. The fraction of sp³-hybridized carbons (Fsp3) is 0.133. The quantitative estimate of drug-likeness (QED) is 0.859. The van der Waals surface area contributed by atoms with E-state index in [1.54, 1.807) is 0 Å². The minimum absolute atomic E-state index is 0.0115. The Hall–Kier alpha value is -2.70. The van der Waals surface area contributed by atoms with E-state index in [9.17, 15) is 18.0 Å². The zero-order chi connectivity index (χ0) is 15.9. The Kier molecular flexibility index (Phi) is 5.24. The fourth-order valence-electron chi connectivity index (χ4n) is 1.67. The Morgan fingerprint density at radius 2 is 1.59 bits per heavy atom. The second-order valence-electron chi connectivity index (χ2n) is 4.31. The van der Waals surface area contributed by atoms with E-state index in [-0.39, 0.29) is 24.0 Å². The smallest absolute Gasteiger partial charge is 0.387 e. The molecule has 0 fully saturated rings. The van der Waals surface area contributed by atoms with Crippen molar-refractivity contribution in [2.75, 3.05) is 17.2 Å². The topological polar surface area (TPSA) is 50.4 Å². The van der Waals surface area contributed by atoms with Crippen LogP contribution in [0.2, 0.25) is 0 Å². The second kappa shape index (κ2) is 7.35. The van der Waals surface area contributed by atoms with Crippen LogP contribution >= 0.6 is 0 Å². The van der Waals surface area contributed by atoms with Gasteiger partial charge in [-0.05, 0) is 48.5 Å². The molecule has 7 heteroatoms. The van der Waals surface area contributed by atoms with Gasteiger partial charge in [-0.25, -0.2) is 4.39 Å². The molecule has 0 saturated heterocycles. The predicted octanol–water partition coefficient (Wildman–Crippen LogP) is 3.48. The average molecular weight is 310 g/mol. The molecular formula is C15H13F3N2O2. The van der Waals surface area contributed by atoms with Gasteiger partial charge in [-0.3, -0.25) is 4.79 Å². The molecule has 0 aliphatic rings. The van der Waals surface area contributed by atoms with E-state index in [1.807, 2.05) is 0 Å². The molecule has 0 radical (unpaired) electrons. The van der Waals surface area contributed by atoms with Crippen LogP contribution in [-0.4, -0.2) is 19.1 Å². The molecule has 0 aromatic heterocycles. The Morgan fingerprint density at radius 1 is 1.00 bits per heavy atom. The highest BCUT2D eigenvalue weighted by atomic mass is 19.3. The fourth-order valence-corrected chi connectivity index (χ4v) is 1.67. The lowest BCUT2D eigenvalue weighted by Gasteiger charge is -2.09. The third-order valence-corrected chi connectivity index (χ3v) is 2.66. The van der Waals surface area contributed by atoms with Gasteiger partial charge >= 0.3 is 6.61 Å². The molecule has 2 rings (SSSR count). The van der Waals surface area contributed by atoms with Crippen molar-refractivity contribution in [1.82, 2.24) is 0 Å². The highest BCUT2D eigenvalue weighted by molar-refractivity contribution is 5.93. The maximum absolute atomic E-state index is 12.7. The van der Waals surface area contributed by atoms with Crippen molar-refractivity contribution in [1.29, 1.82) is 0 Å². The number of carbonyl (C=O) groups excluding carboxylic acids is 1. The summed E-state index contributed by atoms with van der Waals surface area (Å²) in [6, 6.07) is 11.1. The lowest BCUT2D eigenvalue weighted by atomic mass is 10.3. The van der Waals surface area contributed by atoms with E-state index in [4.69, 9.17) is 0 Å². The molecule has 0 spiro atoms. The summed E-state index contributed by atoms with van der Waals surface area (Å²) in [6.45, 7) is -2.90. The first-order valence-corrected chi connectivity index (χ1v) is 6.37. The molecule has 0 aliphatic heterocycles. The first-order valence-electron chi connectivity index (χ1n) is 6.37. The largest absolute Gasteiger partial charge is 0.435 e. The number of benzene rings is 2. The Bertz CT molecular complexity index is 616. The van der Waals surface area contributed by atoms with E-state index in [0.29, 0.717) is 11.4 Å². The number of nitrogens with one attached hydrogen (secondary N) is 2. The second-order valence-corrected chi connectivity index (χ2v) is 4.31. The van der Waals surface area contributed by atoms with Gasteiger partial charge in [-0.2, -0.15) is 8.78 Å². The third-order valence-electron chi connectivity index (χ3n) is 2.66. The lowest BCUT2D eigenvalue weighted by Crippen LogP contribution is -2.21. The lowest BCUT2D eigenvalue weighted by molar-refractivity contribution is -0.114. The SMILES string of the molecule is O=C(CNc1ccc(F)cc1)Nc1ccc(OC(F)F)cc1. The van der Waals surface area contributed by atoms with Crippen molar-refractivity contribution in [3.05, 3.63) is 54.3 Å². The highest BCUT2D eigenvalue weighted by Crippen LogP contribution is 2.17. The molecule has 1 amide bonds. The van der Waals surface area contributed by atoms with Crippen LogP contribution in [0.1, 0.15) is 0 Å². The first kappa shape index (κ1) is 15.7. The minimum atomic E-state index is -2.89. The summed E-state index contributed by atoms with van der Waals surface area (Å²) >= 11 is 0. The van der Waals surface area contributed by atoms with Crippen molar-refractivity contribution in [2.24, 2.45) is 0 Å². The van der Waals surface area contributed by atoms with Crippen LogP contribution < -0.4 is 15.4 Å². The average Bonchev–Trinajstić information content (AvgIpc) is 2.48. The zero-order valence-electron chi connectivity index (χ0n) is 11.4. The molecule has 0 atom stereocenters. The van der Waals surface area contributed by atoms with Crippen molar-refractivity contribution < 1.29 is 22.7 Å². The van der Waals surface area contributed by atoms with Gasteiger partial charge in [0, 0.05) is 11.4 Å². The van der Waals surface area contributed by atoms with Crippen LogP contribution in [0.15, 0.2) is 48.5 Å². The first-order chi connectivity index (χ1) is 10.5. The molecular weight excluding hydrogens is 297 g/mol. The summed E-state index contributed by atoms with van der Waals surface area (Å²) in [7, 11) is 0. The van der Waals surface area contributed by atoms with Gasteiger partial charge in [-0.15, -0.1) is 0 Å². The Labute approximate surface area is 124 Å². The molecule has 0 saturated carbocycles. The van der Waals surface area contributed by atoms with Gasteiger partial charge in [0.15, 0.2) is 0 Å². The summed E-state index contributed by atoms with van der Waals surface area (Å²) in [6.07, 6.45) is 0. The molecule has 0 bridgehead atoms. The van der Waals surface area contributed by atoms with Gasteiger partial charge in [-0.1, -0.05) is 0 Å². The number of anilines is 2. The van der Waals surface area contributed by atoms with Gasteiger partial charge in [0.05, 0.1) is 6.54 Å². The number of halogens is 3. The van der Waals surface area contributed by atoms with Crippen molar-refractivity contribution in [3.8, 4) is 5.75 Å². The monoisotopic (exact) mass is 310 g/mol. The van der Waals surface area contributed by atoms with Crippen LogP contribution in [0.5, 0.6) is 5.75 Å². The maximum Gasteiger partial charge on any atom is 0.387 e. The number of alkyl halides is 2. The van der Waals surface area contributed by atoms with Crippen LogP contribution in [0, 0.1) is 5.82 Å². The van der Waals surface area contributed by atoms with E-state index in [2.05, 4.69) is 15.4 Å². The molecule has 116 valence electrons. The van der Waals surface area contributed by atoms with E-state index >= 15 is 0 Å². The maximum atomic E-state index is 12.7. The minimum Gasteiger partial charge on any atom is -0.435 e. The standard InChI is InChI=1S/C15H13F3N2O2/c16-10-1-3-11(4-2-10)19-9-14(21)20-12-5-7-13(8-6-12)22-15(17)18/h1-8,15,19H,9H2,(H,20,21). The molecule has 0 aliphatic carbocycles. The highest BCUT2D eigenvalue weighted by Gasteiger charge is 2.05. The van der Waals surface area contributed by atoms with Crippen molar-refractivity contribution >= 4 is 17.3 Å². The number of rotatable bonds is 6. The molecule has 2 aromatic rings. The Balaban J connectivity index is 1.82. The third kappa shape index (κ3) is 5.01. The molecule has 2 aromatic carbocycles. The molecule has 4 nitrogen and oxygen atoms in total. The predicted molar refractivity (Wildman–Crippen MR) is 76.6 cm³/mol. The summed E-state index contributed by atoms with van der Waals surface area (Å²) in [5.74, 6) is -0.676. The van der Waals surface area contributed by atoms with Gasteiger partial charge in [0.1, 0.15) is 11.6 Å². The number of carbonyl (C=O) groups is 1. The summed E-state index contributed by atoms with van der Waals surface area (Å²) < 4.78 is 40.9. The van der Waals surface area contributed by atoms with Gasteiger partial charge in [0.2, 0.25) is 5.91 Å². The van der Waals surface area contributed by atoms with Crippen LogP contribution in [-0.2, 0) is 4.79 Å². The molecule has 22 heavy (non-hydrogen) atoms. The normalized spacial score (nSPS) is 10.4. The van der Waals surface area contributed by atoms with Crippen LogP contribution in [0.3, 0.4) is 0 Å². The number of hydrogen-bond donors (Lipinski definition) is 2. The van der Waals surface area contributed by atoms with Crippen LogP contribution in [0.4, 0.5) is 24.5 Å². The number of ether oxygens (including phenoxy) is 1. The van der Waals surface area contributed by atoms with Crippen molar-refractivity contribution in [3.63, 3.8) is 0 Å². The zero-order valence-corrected chi connectivity index (χ0v) is 11.4. The van der Waals surface area contributed by atoms with Gasteiger partial charge < -0.3 is 15.4 Å². The van der Waals surface area contributed by atoms with Gasteiger partial charge in [0.25, 0.3) is 0 Å². The molecule has 2 N–H and O–H groups in total. The van der Waals surface area contributed by atoms with E-state index in [1.165, 1.54) is 48.5 Å².